The summed E-state index contributed by atoms with van der Waals surface area (Å²) >= 11 is 1.50. The number of aromatic nitrogens is 1. The Morgan fingerprint density at radius 2 is 2.05 bits per heavy atom. The van der Waals surface area contributed by atoms with Gasteiger partial charge < -0.3 is 5.73 Å². The number of nitrogens with zero attached hydrogens (tertiary/aromatic N) is 2. The second kappa shape index (κ2) is 5.51. The Hall–Kier alpha value is -1.44. The molecule has 0 saturated heterocycles. The van der Waals surface area contributed by atoms with Crippen molar-refractivity contribution in [1.29, 1.82) is 0 Å². The van der Waals surface area contributed by atoms with Gasteiger partial charge in [0, 0.05) is 12.4 Å². The first-order valence-corrected chi connectivity index (χ1v) is 8.36. The summed E-state index contributed by atoms with van der Waals surface area (Å²) in [4.78, 5) is 4.41. The predicted octanol–water partition coefficient (Wildman–Crippen LogP) is 2.16. The van der Waals surface area contributed by atoms with Gasteiger partial charge in [-0.25, -0.2) is 13.4 Å². The average molecular weight is 311 g/mol. The van der Waals surface area contributed by atoms with E-state index in [0.29, 0.717) is 0 Å². The molecule has 1 heterocycles. The third-order valence-electron chi connectivity index (χ3n) is 2.90. The SMILES string of the molecule is Cc1ccc(S(=O)(=O)N(C)Cc2csc(C)n2)c(N)c1. The predicted molar refractivity (Wildman–Crippen MR) is 81.1 cm³/mol. The third-order valence-corrected chi connectivity index (χ3v) is 5.60. The fraction of sp³-hybridized carbons (Fsp3) is 0.308. The Morgan fingerprint density at radius 3 is 2.60 bits per heavy atom. The molecular formula is C13H17N3O2S2. The summed E-state index contributed by atoms with van der Waals surface area (Å²) < 4.78 is 26.3. The molecule has 2 aromatic rings. The molecule has 0 aliphatic carbocycles. The maximum Gasteiger partial charge on any atom is 0.245 e. The number of aryl methyl sites for hydroxylation is 2. The Morgan fingerprint density at radius 1 is 1.35 bits per heavy atom. The first-order valence-electron chi connectivity index (χ1n) is 6.04. The van der Waals surface area contributed by atoms with E-state index in [-0.39, 0.29) is 17.1 Å². The molecule has 5 nitrogen and oxygen atoms in total. The summed E-state index contributed by atoms with van der Waals surface area (Å²) in [5.74, 6) is 0. The van der Waals surface area contributed by atoms with Gasteiger partial charge in [-0.05, 0) is 31.5 Å². The second-order valence-electron chi connectivity index (χ2n) is 4.66. The van der Waals surface area contributed by atoms with Crippen LogP contribution in [0.4, 0.5) is 5.69 Å². The zero-order valence-electron chi connectivity index (χ0n) is 11.6. The van der Waals surface area contributed by atoms with Gasteiger partial charge in [0.25, 0.3) is 0 Å². The molecule has 0 radical (unpaired) electrons. The van der Waals surface area contributed by atoms with Crippen LogP contribution in [-0.4, -0.2) is 24.8 Å². The van der Waals surface area contributed by atoms with Crippen molar-refractivity contribution >= 4 is 27.0 Å². The van der Waals surface area contributed by atoms with E-state index in [0.717, 1.165) is 16.3 Å². The van der Waals surface area contributed by atoms with Crippen molar-refractivity contribution < 1.29 is 8.42 Å². The van der Waals surface area contributed by atoms with Gasteiger partial charge in [-0.2, -0.15) is 4.31 Å². The number of nitrogens with two attached hydrogens (primary N) is 1. The molecule has 0 fully saturated rings. The smallest absolute Gasteiger partial charge is 0.245 e. The van der Waals surface area contributed by atoms with Gasteiger partial charge in [0.2, 0.25) is 10.0 Å². The van der Waals surface area contributed by atoms with Crippen LogP contribution < -0.4 is 5.73 Å². The Kier molecular flexibility index (Phi) is 4.12. The van der Waals surface area contributed by atoms with E-state index in [1.807, 2.05) is 19.2 Å². The maximum atomic E-state index is 12.5. The number of sulfonamides is 1. The van der Waals surface area contributed by atoms with Crippen LogP contribution in [0.3, 0.4) is 0 Å². The van der Waals surface area contributed by atoms with E-state index in [2.05, 4.69) is 4.98 Å². The highest BCUT2D eigenvalue weighted by Gasteiger charge is 2.23. The van der Waals surface area contributed by atoms with Gasteiger partial charge >= 0.3 is 0 Å². The average Bonchev–Trinajstić information content (AvgIpc) is 2.74. The first-order chi connectivity index (χ1) is 9.30. The summed E-state index contributed by atoms with van der Waals surface area (Å²) in [6, 6.07) is 4.95. The molecule has 20 heavy (non-hydrogen) atoms. The van der Waals surface area contributed by atoms with Crippen molar-refractivity contribution in [2.24, 2.45) is 0 Å². The summed E-state index contributed by atoms with van der Waals surface area (Å²) in [7, 11) is -2.07. The van der Waals surface area contributed by atoms with Crippen molar-refractivity contribution in [2.75, 3.05) is 12.8 Å². The van der Waals surface area contributed by atoms with Crippen molar-refractivity contribution in [2.45, 2.75) is 25.3 Å². The summed E-state index contributed by atoms with van der Waals surface area (Å²) in [6.07, 6.45) is 0. The lowest BCUT2D eigenvalue weighted by Gasteiger charge is -2.17. The van der Waals surface area contributed by atoms with Gasteiger partial charge in [-0.1, -0.05) is 6.07 Å². The van der Waals surface area contributed by atoms with Crippen molar-refractivity contribution in [3.63, 3.8) is 0 Å². The van der Waals surface area contributed by atoms with Crippen molar-refractivity contribution in [3.05, 3.63) is 39.8 Å². The number of nitrogen functional groups attached to an aromatic ring is 1. The molecule has 1 aromatic heterocycles. The van der Waals surface area contributed by atoms with Crippen molar-refractivity contribution in [1.82, 2.24) is 9.29 Å². The lowest BCUT2D eigenvalue weighted by molar-refractivity contribution is 0.463. The fourth-order valence-corrected chi connectivity index (χ4v) is 3.70. The molecule has 0 bridgehead atoms. The van der Waals surface area contributed by atoms with Gasteiger partial charge in [0.1, 0.15) is 4.90 Å². The normalized spacial score (nSPS) is 12.0. The molecule has 0 saturated carbocycles. The van der Waals surface area contributed by atoms with Gasteiger partial charge in [0.15, 0.2) is 0 Å². The van der Waals surface area contributed by atoms with Crippen LogP contribution in [0.15, 0.2) is 28.5 Å². The van der Waals surface area contributed by atoms with Crippen LogP contribution in [0, 0.1) is 13.8 Å². The standard InChI is InChI=1S/C13H17N3O2S2/c1-9-4-5-13(12(14)6-9)20(17,18)16(3)7-11-8-19-10(2)15-11/h4-6,8H,7,14H2,1-3H3. The van der Waals surface area contributed by atoms with Crippen LogP contribution in [0.5, 0.6) is 0 Å². The molecule has 2 N–H and O–H groups in total. The molecule has 0 spiro atoms. The van der Waals surface area contributed by atoms with Crippen molar-refractivity contribution in [3.8, 4) is 0 Å². The number of thiazole rings is 1. The van der Waals surface area contributed by atoms with Gasteiger partial charge in [-0.3, -0.25) is 0 Å². The van der Waals surface area contributed by atoms with Crippen LogP contribution in [-0.2, 0) is 16.6 Å². The maximum absolute atomic E-state index is 12.5. The topological polar surface area (TPSA) is 76.3 Å². The summed E-state index contributed by atoms with van der Waals surface area (Å²) in [5.41, 5.74) is 7.76. The number of rotatable bonds is 4. The number of benzene rings is 1. The molecule has 2 rings (SSSR count). The quantitative estimate of drug-likeness (QED) is 0.878. The highest BCUT2D eigenvalue weighted by molar-refractivity contribution is 7.89. The lowest BCUT2D eigenvalue weighted by Crippen LogP contribution is -2.27. The zero-order chi connectivity index (χ0) is 14.9. The molecule has 0 aliphatic heterocycles. The fourth-order valence-electron chi connectivity index (χ4n) is 1.86. The molecule has 7 heteroatoms. The van der Waals surface area contributed by atoms with E-state index in [9.17, 15) is 8.42 Å². The number of anilines is 1. The zero-order valence-corrected chi connectivity index (χ0v) is 13.3. The Labute approximate surface area is 123 Å². The first kappa shape index (κ1) is 15.0. The van der Waals surface area contributed by atoms with E-state index >= 15 is 0 Å². The molecule has 0 amide bonds. The molecule has 1 aromatic carbocycles. The minimum Gasteiger partial charge on any atom is -0.398 e. The van der Waals surface area contributed by atoms with E-state index in [1.54, 1.807) is 18.2 Å². The molecule has 0 aliphatic rings. The lowest BCUT2D eigenvalue weighted by atomic mass is 10.2. The van der Waals surface area contributed by atoms with Crippen LogP contribution >= 0.6 is 11.3 Å². The Bertz CT molecular complexity index is 723. The van der Waals surface area contributed by atoms with Gasteiger partial charge in [-0.15, -0.1) is 11.3 Å². The number of hydrogen-bond acceptors (Lipinski definition) is 5. The third kappa shape index (κ3) is 3.00. The van der Waals surface area contributed by atoms with Crippen LogP contribution in [0.2, 0.25) is 0 Å². The highest BCUT2D eigenvalue weighted by atomic mass is 32.2. The highest BCUT2D eigenvalue weighted by Crippen LogP contribution is 2.24. The monoisotopic (exact) mass is 311 g/mol. The Balaban J connectivity index is 2.29. The van der Waals surface area contributed by atoms with E-state index in [4.69, 9.17) is 5.73 Å². The molecule has 0 unspecified atom stereocenters. The molecule has 108 valence electrons. The molecule has 0 atom stereocenters. The largest absolute Gasteiger partial charge is 0.398 e. The minimum atomic E-state index is -3.60. The summed E-state index contributed by atoms with van der Waals surface area (Å²) in [6.45, 7) is 4.00. The van der Waals surface area contributed by atoms with E-state index < -0.39 is 10.0 Å². The summed E-state index contributed by atoms with van der Waals surface area (Å²) in [5, 5.41) is 2.78. The van der Waals surface area contributed by atoms with Crippen LogP contribution in [0.25, 0.3) is 0 Å². The second-order valence-corrected chi connectivity index (χ2v) is 7.74. The minimum absolute atomic E-state index is 0.137. The molecular weight excluding hydrogens is 294 g/mol. The van der Waals surface area contributed by atoms with Crippen LogP contribution in [0.1, 0.15) is 16.3 Å². The van der Waals surface area contributed by atoms with Gasteiger partial charge in [0.05, 0.1) is 22.9 Å². The van der Waals surface area contributed by atoms with E-state index in [1.165, 1.54) is 22.7 Å². The number of hydrogen-bond donors (Lipinski definition) is 1.